The average Bonchev–Trinajstić information content (AvgIpc) is 2.67. The predicted octanol–water partition coefficient (Wildman–Crippen LogP) is 6.48. The van der Waals surface area contributed by atoms with E-state index >= 15 is 0 Å². The van der Waals surface area contributed by atoms with E-state index in [2.05, 4.69) is 43.9 Å². The molecule has 0 unspecified atom stereocenters. The molecule has 150 valence electrons. The molecule has 0 spiro atoms. The van der Waals surface area contributed by atoms with Crippen molar-refractivity contribution in [3.63, 3.8) is 0 Å². The Kier molecular flexibility index (Phi) is 5.78. The van der Waals surface area contributed by atoms with E-state index in [1.165, 1.54) is 0 Å². The summed E-state index contributed by atoms with van der Waals surface area (Å²) in [4.78, 5) is 6.88. The van der Waals surface area contributed by atoms with Crippen LogP contribution in [0.25, 0.3) is 11.1 Å². The molecule has 29 heavy (non-hydrogen) atoms. The van der Waals surface area contributed by atoms with Crippen LogP contribution in [0.5, 0.6) is 5.75 Å². The van der Waals surface area contributed by atoms with Crippen molar-refractivity contribution in [1.82, 2.24) is 0 Å². The van der Waals surface area contributed by atoms with Gasteiger partial charge in [-0.15, -0.1) is 0 Å². The fourth-order valence-electron chi connectivity index (χ4n) is 3.52. The summed E-state index contributed by atoms with van der Waals surface area (Å²) in [7, 11) is 4.09. The quantitative estimate of drug-likeness (QED) is 0.521. The Hall–Kier alpha value is -3.07. The van der Waals surface area contributed by atoms with E-state index in [-0.39, 0.29) is 5.41 Å². The number of hydrogen-bond acceptors (Lipinski definition) is 3. The number of aromatic hydroxyl groups is 1. The molecule has 0 radical (unpaired) electrons. The number of aryl methyl sites for hydroxylation is 1. The maximum atomic E-state index is 10.8. The fourth-order valence-corrected chi connectivity index (χ4v) is 3.52. The lowest BCUT2D eigenvalue weighted by Gasteiger charge is -2.22. The highest BCUT2D eigenvalue weighted by molar-refractivity contribution is 5.91. The highest BCUT2D eigenvalue weighted by Gasteiger charge is 2.20. The minimum atomic E-state index is -0.138. The zero-order chi connectivity index (χ0) is 21.2. The first-order chi connectivity index (χ1) is 13.7. The van der Waals surface area contributed by atoms with Crippen LogP contribution in [0, 0.1) is 6.92 Å². The van der Waals surface area contributed by atoms with Gasteiger partial charge in [-0.1, -0.05) is 63.2 Å². The zero-order valence-electron chi connectivity index (χ0n) is 18.2. The molecule has 1 N–H and O–H groups in total. The third-order valence-electron chi connectivity index (χ3n) is 5.01. The second kappa shape index (κ2) is 8.12. The third kappa shape index (κ3) is 4.51. The van der Waals surface area contributed by atoms with E-state index < -0.39 is 0 Å². The van der Waals surface area contributed by atoms with Crippen molar-refractivity contribution in [2.45, 2.75) is 33.1 Å². The highest BCUT2D eigenvalue weighted by Crippen LogP contribution is 2.37. The minimum absolute atomic E-state index is 0.138. The molecule has 3 nitrogen and oxygen atoms in total. The topological polar surface area (TPSA) is 35.8 Å². The third-order valence-corrected chi connectivity index (χ3v) is 5.01. The van der Waals surface area contributed by atoms with Crippen LogP contribution in [0.4, 0.5) is 11.4 Å². The van der Waals surface area contributed by atoms with Crippen molar-refractivity contribution >= 4 is 17.6 Å². The molecule has 0 aromatic heterocycles. The molecule has 3 rings (SSSR count). The summed E-state index contributed by atoms with van der Waals surface area (Å²) < 4.78 is 0. The maximum Gasteiger partial charge on any atom is 0.128 e. The molecule has 0 fully saturated rings. The number of rotatable bonds is 4. The summed E-state index contributed by atoms with van der Waals surface area (Å²) in [5.74, 6) is 0.304. The SMILES string of the molecule is Cc1cc(C=Nc2ccccc2-c2ccccc2N(C)C)c(O)c(C(C)(C)C)c1. The van der Waals surface area contributed by atoms with Gasteiger partial charge in [-0.3, -0.25) is 4.99 Å². The molecule has 0 aliphatic rings. The van der Waals surface area contributed by atoms with E-state index in [0.29, 0.717) is 5.75 Å². The van der Waals surface area contributed by atoms with Crippen molar-refractivity contribution in [1.29, 1.82) is 0 Å². The molecule has 0 bridgehead atoms. The van der Waals surface area contributed by atoms with Crippen LogP contribution >= 0.6 is 0 Å². The molecule has 0 saturated heterocycles. The number of aliphatic imine (C=N–C) groups is 1. The zero-order valence-corrected chi connectivity index (χ0v) is 18.2. The van der Waals surface area contributed by atoms with E-state index in [1.54, 1.807) is 6.21 Å². The van der Waals surface area contributed by atoms with Crippen molar-refractivity contribution < 1.29 is 5.11 Å². The molecule has 3 aromatic carbocycles. The van der Waals surface area contributed by atoms with E-state index in [0.717, 1.165) is 39.2 Å². The molecule has 0 heterocycles. The molecule has 0 aliphatic heterocycles. The number of benzene rings is 3. The molecule has 0 atom stereocenters. The number of phenols is 1. The van der Waals surface area contributed by atoms with Crippen LogP contribution in [-0.2, 0) is 5.41 Å². The average molecular weight is 387 g/mol. The lowest BCUT2D eigenvalue weighted by atomic mass is 9.84. The van der Waals surface area contributed by atoms with Crippen LogP contribution in [-0.4, -0.2) is 25.4 Å². The first-order valence-electron chi connectivity index (χ1n) is 9.92. The summed E-state index contributed by atoms with van der Waals surface area (Å²) >= 11 is 0. The van der Waals surface area contributed by atoms with Gasteiger partial charge in [0.2, 0.25) is 0 Å². The Morgan fingerprint density at radius 1 is 0.897 bits per heavy atom. The van der Waals surface area contributed by atoms with Crippen LogP contribution in [0.15, 0.2) is 65.7 Å². The fraction of sp³-hybridized carbons (Fsp3) is 0.269. The van der Waals surface area contributed by atoms with Gasteiger partial charge in [0.05, 0.1) is 5.69 Å². The van der Waals surface area contributed by atoms with Crippen molar-refractivity contribution in [3.05, 3.63) is 77.4 Å². The van der Waals surface area contributed by atoms with E-state index in [1.807, 2.05) is 63.5 Å². The lowest BCUT2D eigenvalue weighted by Crippen LogP contribution is -2.12. The smallest absolute Gasteiger partial charge is 0.128 e. The van der Waals surface area contributed by atoms with Crippen molar-refractivity contribution in [3.8, 4) is 16.9 Å². The molecule has 3 aromatic rings. The number of anilines is 1. The van der Waals surface area contributed by atoms with Crippen LogP contribution in [0.2, 0.25) is 0 Å². The highest BCUT2D eigenvalue weighted by atomic mass is 16.3. The first kappa shape index (κ1) is 20.7. The molecule has 0 saturated carbocycles. The second-order valence-corrected chi connectivity index (χ2v) is 8.69. The molecule has 0 aliphatic carbocycles. The van der Waals surface area contributed by atoms with Gasteiger partial charge < -0.3 is 10.0 Å². The number of para-hydroxylation sites is 2. The molecular formula is C26H30N2O. The van der Waals surface area contributed by atoms with E-state index in [9.17, 15) is 5.11 Å². The normalized spacial score (nSPS) is 11.8. The van der Waals surface area contributed by atoms with Gasteiger partial charge in [0.15, 0.2) is 0 Å². The number of nitrogens with zero attached hydrogens (tertiary/aromatic N) is 2. The maximum absolute atomic E-state index is 10.8. The molecule has 3 heteroatoms. The summed E-state index contributed by atoms with van der Waals surface area (Å²) in [6, 6.07) is 20.5. The van der Waals surface area contributed by atoms with Gasteiger partial charge in [-0.2, -0.15) is 0 Å². The van der Waals surface area contributed by atoms with Gasteiger partial charge in [-0.05, 0) is 36.1 Å². The Balaban J connectivity index is 2.09. The Bertz CT molecular complexity index is 1040. The van der Waals surface area contributed by atoms with Gasteiger partial charge in [0.1, 0.15) is 5.75 Å². The summed E-state index contributed by atoms with van der Waals surface area (Å²) in [6.45, 7) is 8.37. The van der Waals surface area contributed by atoms with Gasteiger partial charge in [0, 0.05) is 48.3 Å². The Morgan fingerprint density at radius 2 is 1.52 bits per heavy atom. The van der Waals surface area contributed by atoms with Gasteiger partial charge >= 0.3 is 0 Å². The minimum Gasteiger partial charge on any atom is -0.507 e. The Labute approximate surface area is 174 Å². The summed E-state index contributed by atoms with van der Waals surface area (Å²) in [5, 5.41) is 10.8. The van der Waals surface area contributed by atoms with Crippen molar-refractivity contribution in [2.75, 3.05) is 19.0 Å². The van der Waals surface area contributed by atoms with Crippen molar-refractivity contribution in [2.24, 2.45) is 4.99 Å². The molecular weight excluding hydrogens is 356 g/mol. The van der Waals surface area contributed by atoms with Crippen LogP contribution in [0.3, 0.4) is 0 Å². The van der Waals surface area contributed by atoms with E-state index in [4.69, 9.17) is 4.99 Å². The number of phenolic OH excluding ortho intramolecular Hbond substituents is 1. The Morgan fingerprint density at radius 3 is 2.17 bits per heavy atom. The van der Waals surface area contributed by atoms with Gasteiger partial charge in [0.25, 0.3) is 0 Å². The second-order valence-electron chi connectivity index (χ2n) is 8.69. The number of hydrogen-bond donors (Lipinski definition) is 1. The predicted molar refractivity (Wildman–Crippen MR) is 125 cm³/mol. The monoisotopic (exact) mass is 386 g/mol. The standard InChI is InChI=1S/C26H30N2O/c1-18-15-19(25(29)22(16-18)26(2,3)4)17-27-23-13-9-7-11-20(23)21-12-8-10-14-24(21)28(5)6/h7-17,29H,1-6H3. The van der Waals surface area contributed by atoms with Crippen LogP contribution in [0.1, 0.15) is 37.5 Å². The summed E-state index contributed by atoms with van der Waals surface area (Å²) in [5.41, 5.74) is 6.87. The first-order valence-corrected chi connectivity index (χ1v) is 9.92. The summed E-state index contributed by atoms with van der Waals surface area (Å²) in [6.07, 6.45) is 1.77. The van der Waals surface area contributed by atoms with Crippen LogP contribution < -0.4 is 4.90 Å². The lowest BCUT2D eigenvalue weighted by molar-refractivity contribution is 0.445. The van der Waals surface area contributed by atoms with Gasteiger partial charge in [-0.25, -0.2) is 0 Å². The largest absolute Gasteiger partial charge is 0.507 e. The molecule has 0 amide bonds.